The molecule has 0 aliphatic rings. The van der Waals surface area contributed by atoms with E-state index in [9.17, 15) is 4.79 Å². The number of hydrogen-bond acceptors (Lipinski definition) is 2. The molecule has 0 radical (unpaired) electrons. The number of ketones is 1. The highest BCUT2D eigenvalue weighted by Crippen LogP contribution is 2.30. The lowest BCUT2D eigenvalue weighted by molar-refractivity contribution is 0.103. The molecule has 4 rings (SSSR count). The summed E-state index contributed by atoms with van der Waals surface area (Å²) in [6.07, 6.45) is 1.61. The number of carbonyl (C=O) groups excluding carboxylic acids is 1. The Kier molecular flexibility index (Phi) is 5.03. The van der Waals surface area contributed by atoms with E-state index in [0.29, 0.717) is 21.2 Å². The van der Waals surface area contributed by atoms with Gasteiger partial charge in [0.1, 0.15) is 0 Å². The third kappa shape index (κ3) is 3.59. The lowest BCUT2D eigenvalue weighted by atomic mass is 10.00. The van der Waals surface area contributed by atoms with E-state index in [2.05, 4.69) is 5.10 Å². The zero-order valence-electron chi connectivity index (χ0n) is 15.1. The molecule has 5 heteroatoms. The first-order chi connectivity index (χ1) is 13.5. The summed E-state index contributed by atoms with van der Waals surface area (Å²) in [7, 11) is 0. The quantitative estimate of drug-likeness (QED) is 0.368. The van der Waals surface area contributed by atoms with Gasteiger partial charge in [-0.15, -0.1) is 0 Å². The van der Waals surface area contributed by atoms with E-state index in [4.69, 9.17) is 23.2 Å². The topological polar surface area (TPSA) is 34.9 Å². The maximum absolute atomic E-state index is 13.2. The Bertz CT molecular complexity index is 1130. The smallest absolute Gasteiger partial charge is 0.196 e. The van der Waals surface area contributed by atoms with Gasteiger partial charge in [-0.25, -0.2) is 4.68 Å². The summed E-state index contributed by atoms with van der Waals surface area (Å²) >= 11 is 12.0. The molecule has 3 aromatic carbocycles. The van der Waals surface area contributed by atoms with Crippen molar-refractivity contribution in [3.8, 4) is 16.9 Å². The highest BCUT2D eigenvalue weighted by Gasteiger charge is 2.21. The Balaban J connectivity index is 1.89. The second kappa shape index (κ2) is 7.63. The summed E-state index contributed by atoms with van der Waals surface area (Å²) < 4.78 is 1.78. The molecule has 0 aliphatic carbocycles. The van der Waals surface area contributed by atoms with Crippen molar-refractivity contribution in [2.75, 3.05) is 0 Å². The molecule has 0 bridgehead atoms. The SMILES string of the molecule is Cc1ccc(-n2ncc(C(=O)c3ccc(Cl)cc3)c2-c2ccc(Cl)cc2)cc1. The van der Waals surface area contributed by atoms with Gasteiger partial charge in [0.15, 0.2) is 5.78 Å². The third-order valence-corrected chi connectivity index (χ3v) is 5.02. The number of hydrogen-bond donors (Lipinski definition) is 0. The van der Waals surface area contributed by atoms with Gasteiger partial charge in [-0.3, -0.25) is 4.79 Å². The van der Waals surface area contributed by atoms with Gasteiger partial charge >= 0.3 is 0 Å². The average Bonchev–Trinajstić information content (AvgIpc) is 3.14. The molecule has 28 heavy (non-hydrogen) atoms. The van der Waals surface area contributed by atoms with Gasteiger partial charge < -0.3 is 0 Å². The van der Waals surface area contributed by atoms with E-state index in [1.54, 1.807) is 47.3 Å². The molecule has 138 valence electrons. The summed E-state index contributed by atoms with van der Waals surface area (Å²) in [5, 5.41) is 5.74. The molecule has 0 saturated heterocycles. The molecule has 0 fully saturated rings. The maximum Gasteiger partial charge on any atom is 0.196 e. The van der Waals surface area contributed by atoms with Crippen LogP contribution in [0.4, 0.5) is 0 Å². The number of halogens is 2. The molecule has 0 atom stereocenters. The van der Waals surface area contributed by atoms with Gasteiger partial charge in [0.2, 0.25) is 0 Å². The van der Waals surface area contributed by atoms with Crippen LogP contribution in [0, 0.1) is 6.92 Å². The summed E-state index contributed by atoms with van der Waals surface area (Å²) in [6.45, 7) is 2.03. The van der Waals surface area contributed by atoms with E-state index < -0.39 is 0 Å². The number of aryl methyl sites for hydroxylation is 1. The third-order valence-electron chi connectivity index (χ3n) is 4.52. The molecule has 3 nitrogen and oxygen atoms in total. The lowest BCUT2D eigenvalue weighted by Crippen LogP contribution is -2.05. The fourth-order valence-electron chi connectivity index (χ4n) is 3.04. The Hall–Kier alpha value is -2.88. The second-order valence-corrected chi connectivity index (χ2v) is 7.37. The van der Waals surface area contributed by atoms with Crippen molar-refractivity contribution in [2.45, 2.75) is 6.92 Å². The van der Waals surface area contributed by atoms with Crippen LogP contribution in [0.25, 0.3) is 16.9 Å². The van der Waals surface area contributed by atoms with Crippen molar-refractivity contribution in [3.63, 3.8) is 0 Å². The molecule has 1 heterocycles. The van der Waals surface area contributed by atoms with E-state index in [1.807, 2.05) is 43.3 Å². The lowest BCUT2D eigenvalue weighted by Gasteiger charge is -2.11. The van der Waals surface area contributed by atoms with Crippen molar-refractivity contribution in [3.05, 3.63) is 106 Å². The minimum absolute atomic E-state index is 0.111. The van der Waals surface area contributed by atoms with Gasteiger partial charge in [0.25, 0.3) is 0 Å². The van der Waals surface area contributed by atoms with Crippen LogP contribution in [-0.4, -0.2) is 15.6 Å². The molecular weight excluding hydrogens is 391 g/mol. The first-order valence-corrected chi connectivity index (χ1v) is 9.50. The normalized spacial score (nSPS) is 10.8. The zero-order chi connectivity index (χ0) is 19.7. The van der Waals surface area contributed by atoms with E-state index in [-0.39, 0.29) is 5.78 Å². The van der Waals surface area contributed by atoms with E-state index in [1.165, 1.54) is 0 Å². The van der Waals surface area contributed by atoms with Crippen LogP contribution in [-0.2, 0) is 0 Å². The minimum atomic E-state index is -0.111. The fourth-order valence-corrected chi connectivity index (χ4v) is 3.29. The minimum Gasteiger partial charge on any atom is -0.288 e. The summed E-state index contributed by atoms with van der Waals surface area (Å²) in [5.74, 6) is -0.111. The van der Waals surface area contributed by atoms with E-state index >= 15 is 0 Å². The Morgan fingerprint density at radius 1 is 0.821 bits per heavy atom. The Morgan fingerprint density at radius 2 is 1.39 bits per heavy atom. The van der Waals surface area contributed by atoms with Crippen molar-refractivity contribution in [2.24, 2.45) is 0 Å². The van der Waals surface area contributed by atoms with Crippen LogP contribution in [0.3, 0.4) is 0 Å². The largest absolute Gasteiger partial charge is 0.288 e. The van der Waals surface area contributed by atoms with Gasteiger partial charge in [-0.1, -0.05) is 53.0 Å². The molecule has 4 aromatic rings. The van der Waals surface area contributed by atoms with Gasteiger partial charge in [-0.2, -0.15) is 5.10 Å². The summed E-state index contributed by atoms with van der Waals surface area (Å²) in [5.41, 5.74) is 4.70. The monoisotopic (exact) mass is 406 g/mol. The number of benzene rings is 3. The van der Waals surface area contributed by atoms with Crippen molar-refractivity contribution >= 4 is 29.0 Å². The maximum atomic E-state index is 13.2. The molecule has 0 saturated carbocycles. The van der Waals surface area contributed by atoms with Crippen LogP contribution in [0.15, 0.2) is 79.0 Å². The highest BCUT2D eigenvalue weighted by atomic mass is 35.5. The number of aromatic nitrogens is 2. The first-order valence-electron chi connectivity index (χ1n) is 8.74. The molecule has 0 amide bonds. The standard InChI is InChI=1S/C23H16Cl2N2O/c1-15-2-12-20(13-3-15)27-22(16-4-8-18(24)9-5-16)21(14-26-27)23(28)17-6-10-19(25)11-7-17/h2-14H,1H3. The number of carbonyl (C=O) groups is 1. The van der Waals surface area contributed by atoms with Crippen molar-refractivity contribution < 1.29 is 4.79 Å². The molecule has 0 spiro atoms. The van der Waals surface area contributed by atoms with Crippen LogP contribution < -0.4 is 0 Å². The Morgan fingerprint density at radius 3 is 2.00 bits per heavy atom. The first kappa shape index (κ1) is 18.5. The van der Waals surface area contributed by atoms with Crippen LogP contribution >= 0.6 is 23.2 Å². The Labute approximate surface area is 173 Å². The predicted octanol–water partition coefficient (Wildman–Crippen LogP) is 6.39. The van der Waals surface area contributed by atoms with Crippen LogP contribution in [0.2, 0.25) is 10.0 Å². The van der Waals surface area contributed by atoms with Crippen LogP contribution in [0.1, 0.15) is 21.5 Å². The number of rotatable bonds is 4. The van der Waals surface area contributed by atoms with Gasteiger partial charge in [-0.05, 0) is 55.5 Å². The fraction of sp³-hybridized carbons (Fsp3) is 0.0435. The molecular formula is C23H16Cl2N2O. The zero-order valence-corrected chi connectivity index (χ0v) is 16.6. The molecule has 0 aliphatic heterocycles. The van der Waals surface area contributed by atoms with Crippen molar-refractivity contribution in [1.29, 1.82) is 0 Å². The second-order valence-electron chi connectivity index (χ2n) is 6.50. The van der Waals surface area contributed by atoms with Crippen LogP contribution in [0.5, 0.6) is 0 Å². The van der Waals surface area contributed by atoms with Gasteiger partial charge in [0, 0.05) is 21.2 Å². The molecule has 0 unspecified atom stereocenters. The van der Waals surface area contributed by atoms with Gasteiger partial charge in [0.05, 0.1) is 23.1 Å². The number of nitrogens with zero attached hydrogens (tertiary/aromatic N) is 2. The predicted molar refractivity (Wildman–Crippen MR) is 114 cm³/mol. The summed E-state index contributed by atoms with van der Waals surface area (Å²) in [6, 6.07) is 22.3. The molecule has 1 aromatic heterocycles. The van der Waals surface area contributed by atoms with E-state index in [0.717, 1.165) is 22.5 Å². The summed E-state index contributed by atoms with van der Waals surface area (Å²) in [4.78, 5) is 13.2. The molecule has 0 N–H and O–H groups in total. The van der Waals surface area contributed by atoms with Crippen molar-refractivity contribution in [1.82, 2.24) is 9.78 Å². The average molecular weight is 407 g/mol. The highest BCUT2D eigenvalue weighted by molar-refractivity contribution is 6.31.